The van der Waals surface area contributed by atoms with Crippen LogP contribution in [0.1, 0.15) is 19.5 Å². The third-order valence-electron chi connectivity index (χ3n) is 4.45. The van der Waals surface area contributed by atoms with Gasteiger partial charge in [-0.25, -0.2) is 13.4 Å². The first-order chi connectivity index (χ1) is 14.3. The van der Waals surface area contributed by atoms with Gasteiger partial charge in [0.25, 0.3) is 10.0 Å². The molecule has 0 atom stereocenters. The highest BCUT2D eigenvalue weighted by atomic mass is 79.9. The van der Waals surface area contributed by atoms with Gasteiger partial charge in [0.05, 0.1) is 0 Å². The molecule has 1 heterocycles. The van der Waals surface area contributed by atoms with Gasteiger partial charge in [0.1, 0.15) is 10.7 Å². The molecule has 2 N–H and O–H groups in total. The van der Waals surface area contributed by atoms with E-state index in [1.165, 1.54) is 0 Å². The molecule has 0 unspecified atom stereocenters. The molecule has 2 aromatic carbocycles. The van der Waals surface area contributed by atoms with E-state index in [9.17, 15) is 8.42 Å². The van der Waals surface area contributed by atoms with E-state index in [1.807, 2.05) is 13.0 Å². The maximum Gasteiger partial charge on any atom is 0.263 e. The fraction of sp³-hybridized carbons (Fsp3) is 0.238. The summed E-state index contributed by atoms with van der Waals surface area (Å²) in [5.74, 6) is 1.37. The molecule has 0 aliphatic heterocycles. The highest BCUT2D eigenvalue weighted by Crippen LogP contribution is 2.25. The maximum atomic E-state index is 12.6. The van der Waals surface area contributed by atoms with Crippen molar-refractivity contribution in [1.29, 1.82) is 0 Å². The standard InChI is InChI=1S/C21H24BrN5O2S/c1-4-27(5-2)20-14-15(3)23-21(25-20)24-16-10-12-17(13-11-16)26-30(28,29)19-9-7-6-8-18(19)22/h6-14,26H,4-5H2,1-3H3,(H,23,24,25). The normalized spacial score (nSPS) is 11.2. The third kappa shape index (κ3) is 5.28. The van der Waals surface area contributed by atoms with Crippen LogP contribution < -0.4 is 14.9 Å². The van der Waals surface area contributed by atoms with Crippen molar-refractivity contribution >= 4 is 49.1 Å². The molecule has 1 aromatic heterocycles. The van der Waals surface area contributed by atoms with Gasteiger partial charge in [-0.15, -0.1) is 0 Å². The molecule has 9 heteroatoms. The molecule has 3 aromatic rings. The van der Waals surface area contributed by atoms with Crippen LogP contribution >= 0.6 is 15.9 Å². The second-order valence-electron chi connectivity index (χ2n) is 6.60. The highest BCUT2D eigenvalue weighted by Gasteiger charge is 2.17. The summed E-state index contributed by atoms with van der Waals surface area (Å²) in [4.78, 5) is 11.4. The summed E-state index contributed by atoms with van der Waals surface area (Å²) in [6.45, 7) is 7.82. The lowest BCUT2D eigenvalue weighted by Crippen LogP contribution is -2.23. The number of benzene rings is 2. The fourth-order valence-electron chi connectivity index (χ4n) is 2.94. The number of halogens is 1. The van der Waals surface area contributed by atoms with E-state index >= 15 is 0 Å². The molecule has 0 saturated heterocycles. The number of hydrogen-bond donors (Lipinski definition) is 2. The van der Waals surface area contributed by atoms with E-state index in [4.69, 9.17) is 0 Å². The van der Waals surface area contributed by atoms with Gasteiger partial charge in [0.2, 0.25) is 5.95 Å². The molecule has 0 bridgehead atoms. The van der Waals surface area contributed by atoms with Crippen molar-refractivity contribution in [3.63, 3.8) is 0 Å². The van der Waals surface area contributed by atoms with Gasteiger partial charge in [0.15, 0.2) is 0 Å². The third-order valence-corrected chi connectivity index (χ3v) is 6.84. The molecule has 158 valence electrons. The lowest BCUT2D eigenvalue weighted by molar-refractivity contribution is 0.601. The predicted octanol–water partition coefficient (Wildman–Crippen LogP) is 4.94. The second-order valence-corrected chi connectivity index (χ2v) is 9.11. The van der Waals surface area contributed by atoms with Crippen LogP contribution in [0.4, 0.5) is 23.1 Å². The topological polar surface area (TPSA) is 87.2 Å². The van der Waals surface area contributed by atoms with Gasteiger partial charge in [-0.2, -0.15) is 4.98 Å². The summed E-state index contributed by atoms with van der Waals surface area (Å²) >= 11 is 3.28. The summed E-state index contributed by atoms with van der Waals surface area (Å²) in [5.41, 5.74) is 2.09. The van der Waals surface area contributed by atoms with Gasteiger partial charge in [-0.3, -0.25) is 4.72 Å². The number of nitrogens with one attached hydrogen (secondary N) is 2. The molecule has 0 aliphatic rings. The molecule has 0 radical (unpaired) electrons. The number of sulfonamides is 1. The molecular formula is C21H24BrN5O2S. The number of nitrogens with zero attached hydrogens (tertiary/aromatic N) is 3. The zero-order valence-corrected chi connectivity index (χ0v) is 19.5. The predicted molar refractivity (Wildman–Crippen MR) is 125 cm³/mol. The Bertz CT molecular complexity index is 1120. The van der Waals surface area contributed by atoms with Crippen LogP contribution in [0.15, 0.2) is 64.0 Å². The van der Waals surface area contributed by atoms with Crippen LogP contribution in [-0.4, -0.2) is 31.5 Å². The number of rotatable bonds is 8. The van der Waals surface area contributed by atoms with Gasteiger partial charge >= 0.3 is 0 Å². The van der Waals surface area contributed by atoms with Crippen molar-refractivity contribution in [2.45, 2.75) is 25.7 Å². The first-order valence-corrected chi connectivity index (χ1v) is 11.8. The molecule has 30 heavy (non-hydrogen) atoms. The van der Waals surface area contributed by atoms with Crippen molar-refractivity contribution < 1.29 is 8.42 Å². The Labute approximate surface area is 185 Å². The lowest BCUT2D eigenvalue weighted by Gasteiger charge is -2.20. The fourth-order valence-corrected chi connectivity index (χ4v) is 5.00. The quantitative estimate of drug-likeness (QED) is 0.465. The van der Waals surface area contributed by atoms with Crippen LogP contribution in [0.2, 0.25) is 0 Å². The summed E-state index contributed by atoms with van der Waals surface area (Å²) < 4.78 is 28.3. The van der Waals surface area contributed by atoms with Crippen molar-refractivity contribution in [2.24, 2.45) is 0 Å². The Morgan fingerprint density at radius 2 is 1.60 bits per heavy atom. The van der Waals surface area contributed by atoms with E-state index in [-0.39, 0.29) is 4.90 Å². The van der Waals surface area contributed by atoms with Gasteiger partial charge in [-0.1, -0.05) is 12.1 Å². The first kappa shape index (κ1) is 22.0. The van der Waals surface area contributed by atoms with Crippen LogP contribution in [-0.2, 0) is 10.0 Å². The SMILES string of the molecule is CCN(CC)c1cc(C)nc(Nc2ccc(NS(=O)(=O)c3ccccc3Br)cc2)n1. The Morgan fingerprint density at radius 3 is 2.23 bits per heavy atom. The van der Waals surface area contributed by atoms with Gasteiger partial charge in [-0.05, 0) is 73.1 Å². The average molecular weight is 490 g/mol. The largest absolute Gasteiger partial charge is 0.357 e. The van der Waals surface area contributed by atoms with Gasteiger partial charge < -0.3 is 10.2 Å². The molecule has 7 nitrogen and oxygen atoms in total. The zero-order valence-electron chi connectivity index (χ0n) is 17.1. The number of hydrogen-bond acceptors (Lipinski definition) is 6. The van der Waals surface area contributed by atoms with Crippen LogP contribution in [0.25, 0.3) is 0 Å². The van der Waals surface area contributed by atoms with E-state index in [0.717, 1.165) is 30.3 Å². The number of aromatic nitrogens is 2. The Balaban J connectivity index is 1.76. The van der Waals surface area contributed by atoms with Crippen molar-refractivity contribution in [1.82, 2.24) is 9.97 Å². The average Bonchev–Trinajstić information content (AvgIpc) is 2.70. The molecule has 0 aliphatic carbocycles. The first-order valence-electron chi connectivity index (χ1n) is 9.57. The van der Waals surface area contributed by atoms with E-state index in [2.05, 4.69) is 54.7 Å². The van der Waals surface area contributed by atoms with E-state index in [1.54, 1.807) is 48.5 Å². The minimum absolute atomic E-state index is 0.185. The summed E-state index contributed by atoms with van der Waals surface area (Å²) in [5, 5.41) is 3.19. The van der Waals surface area contributed by atoms with E-state index < -0.39 is 10.0 Å². The molecule has 0 spiro atoms. The zero-order chi connectivity index (χ0) is 21.7. The van der Waals surface area contributed by atoms with Crippen molar-refractivity contribution in [3.8, 4) is 0 Å². The van der Waals surface area contributed by atoms with Crippen molar-refractivity contribution in [2.75, 3.05) is 28.0 Å². The second kappa shape index (κ2) is 9.44. The Morgan fingerprint density at radius 1 is 0.967 bits per heavy atom. The monoisotopic (exact) mass is 489 g/mol. The summed E-state index contributed by atoms with van der Waals surface area (Å²) in [7, 11) is -3.69. The minimum Gasteiger partial charge on any atom is -0.357 e. The van der Waals surface area contributed by atoms with Crippen LogP contribution in [0.3, 0.4) is 0 Å². The summed E-state index contributed by atoms with van der Waals surface area (Å²) in [6.07, 6.45) is 0. The van der Waals surface area contributed by atoms with E-state index in [0.29, 0.717) is 16.1 Å². The Hall–Kier alpha value is -2.65. The van der Waals surface area contributed by atoms with Gasteiger partial charge in [0, 0.05) is 40.7 Å². The molecule has 0 fully saturated rings. The number of anilines is 4. The van der Waals surface area contributed by atoms with Crippen LogP contribution in [0.5, 0.6) is 0 Å². The summed E-state index contributed by atoms with van der Waals surface area (Å²) in [6, 6.07) is 15.6. The van der Waals surface area contributed by atoms with Crippen molar-refractivity contribution in [3.05, 3.63) is 64.8 Å². The molecule has 3 rings (SSSR count). The highest BCUT2D eigenvalue weighted by molar-refractivity contribution is 9.10. The smallest absolute Gasteiger partial charge is 0.263 e. The molecule has 0 saturated carbocycles. The molecule has 0 amide bonds. The lowest BCUT2D eigenvalue weighted by atomic mass is 10.3. The molecular weight excluding hydrogens is 466 g/mol. The van der Waals surface area contributed by atoms with Crippen LogP contribution in [0, 0.1) is 6.92 Å². The number of aryl methyl sites for hydroxylation is 1. The maximum absolute atomic E-state index is 12.6. The minimum atomic E-state index is -3.69. The Kier molecular flexibility index (Phi) is 6.94.